The maximum atomic E-state index is 6.08. The van der Waals surface area contributed by atoms with Crippen LogP contribution in [-0.2, 0) is 6.54 Å². The van der Waals surface area contributed by atoms with Crippen LogP contribution in [0.3, 0.4) is 0 Å². The summed E-state index contributed by atoms with van der Waals surface area (Å²) in [6.07, 6.45) is 1.67. The summed E-state index contributed by atoms with van der Waals surface area (Å²) in [5, 5.41) is 4.88. The molecule has 2 heterocycles. The molecule has 0 radical (unpaired) electrons. The average Bonchev–Trinajstić information content (AvgIpc) is 2.75. The van der Waals surface area contributed by atoms with E-state index < -0.39 is 0 Å². The van der Waals surface area contributed by atoms with Crippen LogP contribution in [0.4, 0.5) is 5.69 Å². The fourth-order valence-corrected chi connectivity index (χ4v) is 2.67. The van der Waals surface area contributed by atoms with Crippen LogP contribution >= 0.6 is 27.5 Å². The molecule has 3 rings (SSSR count). The summed E-state index contributed by atoms with van der Waals surface area (Å²) >= 11 is 9.47. The molecule has 0 saturated carbocycles. The first kappa shape index (κ1) is 13.5. The number of para-hydroxylation sites is 1. The van der Waals surface area contributed by atoms with E-state index in [0.717, 1.165) is 32.5 Å². The van der Waals surface area contributed by atoms with E-state index in [2.05, 4.69) is 32.3 Å². The molecule has 0 amide bonds. The van der Waals surface area contributed by atoms with Crippen LogP contribution in [0.25, 0.3) is 11.0 Å². The summed E-state index contributed by atoms with van der Waals surface area (Å²) in [5.41, 5.74) is 2.84. The van der Waals surface area contributed by atoms with Gasteiger partial charge in [0.1, 0.15) is 11.3 Å². The van der Waals surface area contributed by atoms with E-state index in [9.17, 15) is 0 Å². The summed E-state index contributed by atoms with van der Waals surface area (Å²) in [4.78, 5) is 4.10. The number of pyridine rings is 1. The molecule has 0 saturated heterocycles. The van der Waals surface area contributed by atoms with Gasteiger partial charge in [0.25, 0.3) is 0 Å². The predicted octanol–water partition coefficient (Wildman–Crippen LogP) is 5.16. The third kappa shape index (κ3) is 2.53. The molecule has 3 aromatic rings. The number of aryl methyl sites for hydroxylation is 1. The van der Waals surface area contributed by atoms with Gasteiger partial charge in [-0.15, -0.1) is 0 Å². The largest absolute Gasteiger partial charge is 0.461 e. The highest BCUT2D eigenvalue weighted by Gasteiger charge is 2.11. The minimum atomic E-state index is 0.457. The van der Waals surface area contributed by atoms with Gasteiger partial charge in [-0.25, -0.2) is 4.98 Å². The van der Waals surface area contributed by atoms with Crippen molar-refractivity contribution in [3.8, 4) is 0 Å². The summed E-state index contributed by atoms with van der Waals surface area (Å²) in [5.74, 6) is 0.915. The Morgan fingerprint density at radius 3 is 3.00 bits per heavy atom. The Morgan fingerprint density at radius 1 is 1.35 bits per heavy atom. The lowest BCUT2D eigenvalue weighted by Crippen LogP contribution is -2.01. The monoisotopic (exact) mass is 350 g/mol. The van der Waals surface area contributed by atoms with Crippen molar-refractivity contribution >= 4 is 44.2 Å². The lowest BCUT2D eigenvalue weighted by Gasteiger charge is -2.08. The van der Waals surface area contributed by atoms with Gasteiger partial charge in [0.15, 0.2) is 5.15 Å². The van der Waals surface area contributed by atoms with Crippen molar-refractivity contribution in [2.75, 3.05) is 5.32 Å². The number of aromatic nitrogens is 1. The molecule has 0 fully saturated rings. The summed E-state index contributed by atoms with van der Waals surface area (Å²) in [7, 11) is 0. The highest BCUT2D eigenvalue weighted by molar-refractivity contribution is 9.10. The van der Waals surface area contributed by atoms with E-state index in [1.807, 2.05) is 31.2 Å². The van der Waals surface area contributed by atoms with Gasteiger partial charge in [0.2, 0.25) is 0 Å². The van der Waals surface area contributed by atoms with E-state index in [1.54, 1.807) is 6.20 Å². The molecule has 5 heteroatoms. The molecule has 0 aliphatic heterocycles. The van der Waals surface area contributed by atoms with Gasteiger partial charge in [-0.2, -0.15) is 0 Å². The van der Waals surface area contributed by atoms with Gasteiger partial charge in [0.05, 0.1) is 5.69 Å². The fraction of sp³-hybridized carbons (Fsp3) is 0.133. The third-order valence-corrected chi connectivity index (χ3v) is 3.90. The molecular formula is C15H12BrClN2O. The van der Waals surface area contributed by atoms with Gasteiger partial charge in [0, 0.05) is 28.2 Å². The zero-order chi connectivity index (χ0) is 14.1. The summed E-state index contributed by atoms with van der Waals surface area (Å²) in [6.45, 7) is 2.61. The number of benzene rings is 1. The Bertz CT molecular complexity index is 770. The number of nitrogens with zero attached hydrogens (tertiary/aromatic N) is 1. The quantitative estimate of drug-likeness (QED) is 0.662. The number of rotatable bonds is 3. The first-order chi connectivity index (χ1) is 9.65. The van der Waals surface area contributed by atoms with Gasteiger partial charge >= 0.3 is 0 Å². The molecule has 20 heavy (non-hydrogen) atoms. The fourth-order valence-electron chi connectivity index (χ4n) is 2.17. The topological polar surface area (TPSA) is 38.1 Å². The highest BCUT2D eigenvalue weighted by Crippen LogP contribution is 2.28. The number of anilines is 1. The van der Waals surface area contributed by atoms with Crippen molar-refractivity contribution < 1.29 is 4.42 Å². The van der Waals surface area contributed by atoms with Crippen LogP contribution in [0.15, 0.2) is 45.4 Å². The lowest BCUT2D eigenvalue weighted by molar-refractivity contribution is 0.573. The SMILES string of the molecule is Cc1oc2ccccc2c1CNc1cc(Br)cnc1Cl. The maximum absolute atomic E-state index is 6.08. The molecule has 0 spiro atoms. The number of nitrogens with one attached hydrogen (secondary N) is 1. The van der Waals surface area contributed by atoms with Crippen LogP contribution in [0.2, 0.25) is 5.15 Å². The Morgan fingerprint density at radius 2 is 2.15 bits per heavy atom. The van der Waals surface area contributed by atoms with Crippen molar-refractivity contribution in [2.24, 2.45) is 0 Å². The number of halogens is 2. The first-order valence-corrected chi connectivity index (χ1v) is 7.34. The van der Waals surface area contributed by atoms with Crippen LogP contribution in [0.5, 0.6) is 0 Å². The number of hydrogen-bond donors (Lipinski definition) is 1. The number of furan rings is 1. The van der Waals surface area contributed by atoms with E-state index in [0.29, 0.717) is 11.7 Å². The molecule has 0 aliphatic rings. The van der Waals surface area contributed by atoms with Gasteiger partial charge in [-0.1, -0.05) is 29.8 Å². The minimum Gasteiger partial charge on any atom is -0.461 e. The van der Waals surface area contributed by atoms with Crippen molar-refractivity contribution in [1.29, 1.82) is 0 Å². The third-order valence-electron chi connectivity index (χ3n) is 3.16. The molecule has 102 valence electrons. The second kappa shape index (κ2) is 5.46. The van der Waals surface area contributed by atoms with Crippen molar-refractivity contribution in [2.45, 2.75) is 13.5 Å². The second-order valence-corrected chi connectivity index (χ2v) is 5.75. The molecule has 0 unspecified atom stereocenters. The van der Waals surface area contributed by atoms with Crippen LogP contribution in [0.1, 0.15) is 11.3 Å². The van der Waals surface area contributed by atoms with E-state index in [4.69, 9.17) is 16.0 Å². The smallest absolute Gasteiger partial charge is 0.152 e. The van der Waals surface area contributed by atoms with Gasteiger partial charge in [-0.05, 0) is 35.0 Å². The Labute approximate surface area is 130 Å². The summed E-state index contributed by atoms with van der Waals surface area (Å²) in [6, 6.07) is 9.92. The molecule has 0 aliphatic carbocycles. The van der Waals surface area contributed by atoms with Crippen LogP contribution in [0, 0.1) is 6.92 Å². The van der Waals surface area contributed by atoms with Crippen molar-refractivity contribution in [3.05, 3.63) is 57.5 Å². The Hall–Kier alpha value is -1.52. The lowest BCUT2D eigenvalue weighted by atomic mass is 10.1. The molecule has 1 N–H and O–H groups in total. The molecule has 3 nitrogen and oxygen atoms in total. The minimum absolute atomic E-state index is 0.457. The molecule has 2 aromatic heterocycles. The van der Waals surface area contributed by atoms with Crippen LogP contribution in [-0.4, -0.2) is 4.98 Å². The molecule has 1 aromatic carbocycles. The highest BCUT2D eigenvalue weighted by atomic mass is 79.9. The Kier molecular flexibility index (Phi) is 3.68. The first-order valence-electron chi connectivity index (χ1n) is 6.17. The molecule has 0 bridgehead atoms. The normalized spacial score (nSPS) is 10.9. The van der Waals surface area contributed by atoms with E-state index in [1.165, 1.54) is 0 Å². The van der Waals surface area contributed by atoms with E-state index >= 15 is 0 Å². The van der Waals surface area contributed by atoms with Gasteiger partial charge in [-0.3, -0.25) is 0 Å². The predicted molar refractivity (Wildman–Crippen MR) is 85.2 cm³/mol. The molecular weight excluding hydrogens is 340 g/mol. The van der Waals surface area contributed by atoms with Crippen molar-refractivity contribution in [3.63, 3.8) is 0 Å². The Balaban J connectivity index is 1.90. The summed E-state index contributed by atoms with van der Waals surface area (Å²) < 4.78 is 6.63. The standard InChI is InChI=1S/C15H12BrClN2O/c1-9-12(11-4-2-3-5-14(11)20-9)8-18-13-6-10(16)7-19-15(13)17/h2-7,18H,8H2,1H3. The van der Waals surface area contributed by atoms with E-state index in [-0.39, 0.29) is 0 Å². The van der Waals surface area contributed by atoms with Crippen molar-refractivity contribution in [1.82, 2.24) is 4.98 Å². The zero-order valence-corrected chi connectivity index (χ0v) is 13.1. The maximum Gasteiger partial charge on any atom is 0.152 e. The average molecular weight is 352 g/mol. The molecule has 0 atom stereocenters. The zero-order valence-electron chi connectivity index (χ0n) is 10.8. The van der Waals surface area contributed by atoms with Gasteiger partial charge < -0.3 is 9.73 Å². The van der Waals surface area contributed by atoms with Crippen LogP contribution < -0.4 is 5.32 Å². The number of hydrogen-bond acceptors (Lipinski definition) is 3. The number of fused-ring (bicyclic) bond motifs is 1. The second-order valence-electron chi connectivity index (χ2n) is 4.48.